The number of phenolic OH excluding ortho intramolecular Hbond substituents is 1. The number of carbonyl (C=O) groups excluding carboxylic acids is 4. The Hall–Kier alpha value is -3.78. The van der Waals surface area contributed by atoms with Crippen molar-refractivity contribution >= 4 is 34.8 Å². The van der Waals surface area contributed by atoms with Gasteiger partial charge < -0.3 is 41.5 Å². The van der Waals surface area contributed by atoms with Crippen LogP contribution in [0, 0.1) is 18.8 Å². The summed E-state index contributed by atoms with van der Waals surface area (Å²) >= 11 is 0. The third kappa shape index (κ3) is 3.91. The van der Waals surface area contributed by atoms with Crippen molar-refractivity contribution < 1.29 is 44.7 Å². The van der Waals surface area contributed by atoms with Gasteiger partial charge in [-0.1, -0.05) is 13.0 Å². The van der Waals surface area contributed by atoms with Gasteiger partial charge in [-0.15, -0.1) is 0 Å². The number of aryl methyl sites for hydroxylation is 1. The number of hydrogen-bond donors (Lipinski definition) is 7. The summed E-state index contributed by atoms with van der Waals surface area (Å²) in [5, 5.41) is 59.6. The topological polar surface area (TPSA) is 214 Å². The normalized spacial score (nSPS) is 29.9. The zero-order valence-electron chi connectivity index (χ0n) is 23.0. The van der Waals surface area contributed by atoms with E-state index < -0.39 is 87.3 Å². The van der Waals surface area contributed by atoms with E-state index in [1.807, 2.05) is 0 Å². The van der Waals surface area contributed by atoms with Crippen LogP contribution in [0.15, 0.2) is 23.0 Å². The number of hydrogen-bond acceptors (Lipinski definition) is 11. The first-order valence-electron chi connectivity index (χ1n) is 12.6. The summed E-state index contributed by atoms with van der Waals surface area (Å²) in [5.41, 5.74) is 1.45. The van der Waals surface area contributed by atoms with E-state index in [1.165, 1.54) is 19.0 Å². The Morgan fingerprint density at radius 2 is 1.73 bits per heavy atom. The zero-order valence-corrected chi connectivity index (χ0v) is 23.0. The van der Waals surface area contributed by atoms with Gasteiger partial charge in [0.1, 0.15) is 17.1 Å². The molecule has 0 unspecified atom stereocenters. The molecule has 13 nitrogen and oxygen atoms in total. The van der Waals surface area contributed by atoms with Gasteiger partial charge in [0, 0.05) is 11.5 Å². The molecule has 0 bridgehead atoms. The Morgan fingerprint density at radius 3 is 2.25 bits per heavy atom. The summed E-state index contributed by atoms with van der Waals surface area (Å²) in [6.45, 7) is 3.27. The lowest BCUT2D eigenvalue weighted by molar-refractivity contribution is -0.169. The average Bonchev–Trinajstić information content (AvgIpc) is 2.83. The molecular weight excluding hydrogens is 524 g/mol. The number of nitrogens with one attached hydrogen (secondary N) is 1. The number of carbonyl (C=O) groups is 4. The molecule has 13 heteroatoms. The fourth-order valence-electron chi connectivity index (χ4n) is 6.44. The number of amides is 2. The highest BCUT2D eigenvalue weighted by Crippen LogP contribution is 2.57. The lowest BCUT2D eigenvalue weighted by Gasteiger charge is -2.53. The fraction of sp³-hybridized carbons (Fsp3) is 0.481. The second-order valence-corrected chi connectivity index (χ2v) is 11.2. The van der Waals surface area contributed by atoms with Gasteiger partial charge in [-0.3, -0.25) is 24.1 Å². The van der Waals surface area contributed by atoms with Gasteiger partial charge >= 0.3 is 0 Å². The molecule has 3 aliphatic carbocycles. The molecule has 1 fully saturated rings. The lowest BCUT2D eigenvalue weighted by atomic mass is 9.54. The molecule has 0 radical (unpaired) electrons. The van der Waals surface area contributed by atoms with Crippen LogP contribution >= 0.6 is 0 Å². The highest BCUT2D eigenvalue weighted by Gasteiger charge is 2.68. The molecule has 1 saturated carbocycles. The average molecular weight is 559 g/mol. The Balaban J connectivity index is 1.98. The minimum atomic E-state index is -2.99. The van der Waals surface area contributed by atoms with E-state index in [2.05, 4.69) is 5.32 Å². The van der Waals surface area contributed by atoms with Crippen molar-refractivity contribution in [2.45, 2.75) is 37.5 Å². The van der Waals surface area contributed by atoms with Crippen molar-refractivity contribution in [3.8, 4) is 5.75 Å². The van der Waals surface area contributed by atoms with E-state index in [0.717, 1.165) is 0 Å². The molecule has 1 aromatic rings. The molecule has 0 aromatic heterocycles. The number of primary amides is 1. The van der Waals surface area contributed by atoms with Crippen LogP contribution in [-0.4, -0.2) is 111 Å². The Kier molecular flexibility index (Phi) is 7.08. The van der Waals surface area contributed by atoms with E-state index in [0.29, 0.717) is 11.1 Å². The smallest absolute Gasteiger partial charge is 0.255 e. The number of fused-ring (bicyclic) bond motifs is 3. The maximum absolute atomic E-state index is 14.0. The van der Waals surface area contributed by atoms with Crippen LogP contribution < -0.4 is 11.1 Å². The van der Waals surface area contributed by atoms with Gasteiger partial charge in [0.25, 0.3) is 5.91 Å². The van der Waals surface area contributed by atoms with E-state index in [9.17, 15) is 44.7 Å². The van der Waals surface area contributed by atoms with E-state index in [1.54, 1.807) is 38.9 Å². The molecule has 1 aromatic carbocycles. The summed E-state index contributed by atoms with van der Waals surface area (Å²) < 4.78 is 0. The van der Waals surface area contributed by atoms with Crippen LogP contribution in [-0.2, 0) is 19.2 Å². The number of likely N-dealkylation sites (N-methyl/N-ethyl adjacent to an activating group) is 2. The van der Waals surface area contributed by atoms with Crippen LogP contribution in [0.3, 0.4) is 0 Å². The largest absolute Gasteiger partial charge is 0.508 e. The highest BCUT2D eigenvalue weighted by molar-refractivity contribution is 6.24. The van der Waals surface area contributed by atoms with Gasteiger partial charge in [-0.05, 0) is 52.2 Å². The van der Waals surface area contributed by atoms with Gasteiger partial charge in [-0.25, -0.2) is 0 Å². The van der Waals surface area contributed by atoms with Crippen molar-refractivity contribution in [3.63, 3.8) is 0 Å². The number of ketones is 2. The number of nitrogens with two attached hydrogens (primary N) is 1. The van der Waals surface area contributed by atoms with E-state index in [4.69, 9.17) is 5.73 Å². The molecule has 0 saturated heterocycles. The summed E-state index contributed by atoms with van der Waals surface area (Å²) in [7, 11) is 6.25. The van der Waals surface area contributed by atoms with Crippen LogP contribution in [0.1, 0.15) is 29.5 Å². The molecule has 216 valence electrons. The lowest BCUT2D eigenvalue weighted by Crippen LogP contribution is -2.70. The molecule has 0 aliphatic heterocycles. The highest BCUT2D eigenvalue weighted by atomic mass is 16.4. The van der Waals surface area contributed by atoms with Crippen molar-refractivity contribution in [2.75, 3.05) is 40.1 Å². The third-order valence-electron chi connectivity index (χ3n) is 8.17. The predicted octanol–water partition coefficient (Wildman–Crippen LogP) is -0.696. The first-order chi connectivity index (χ1) is 18.5. The molecule has 40 heavy (non-hydrogen) atoms. The summed E-state index contributed by atoms with van der Waals surface area (Å²) in [6.07, 6.45) is -1.68. The van der Waals surface area contributed by atoms with Crippen LogP contribution in [0.4, 0.5) is 5.69 Å². The van der Waals surface area contributed by atoms with Crippen molar-refractivity contribution in [1.29, 1.82) is 0 Å². The SMILES string of the molecule is Cc1cc2c(c(O)c1NC(=O)CN(C)C)C(O)=C1C(=O)[C@]3(O)C(O)=C(C(N)=O)C(=O)[C@@H](N(C)C)[C@@H]3[C@@H](O)[C@@H]1[C@H]2C. The van der Waals surface area contributed by atoms with Crippen molar-refractivity contribution in [2.24, 2.45) is 17.6 Å². The van der Waals surface area contributed by atoms with Gasteiger partial charge in [0.15, 0.2) is 17.1 Å². The summed E-state index contributed by atoms with van der Waals surface area (Å²) in [4.78, 5) is 54.7. The van der Waals surface area contributed by atoms with Crippen molar-refractivity contribution in [1.82, 2.24) is 9.80 Å². The summed E-state index contributed by atoms with van der Waals surface area (Å²) in [6, 6.07) is 0.178. The predicted molar refractivity (Wildman–Crippen MR) is 142 cm³/mol. The number of rotatable bonds is 5. The maximum Gasteiger partial charge on any atom is 0.255 e. The number of aliphatic hydroxyl groups is 4. The molecule has 2 amide bonds. The van der Waals surface area contributed by atoms with Gasteiger partial charge in [0.2, 0.25) is 11.7 Å². The van der Waals surface area contributed by atoms with Crippen LogP contribution in [0.25, 0.3) is 5.76 Å². The van der Waals surface area contributed by atoms with E-state index in [-0.39, 0.29) is 17.8 Å². The fourth-order valence-corrected chi connectivity index (χ4v) is 6.44. The Labute approximate surface area is 230 Å². The van der Waals surface area contributed by atoms with Crippen LogP contribution in [0.5, 0.6) is 5.75 Å². The van der Waals surface area contributed by atoms with Gasteiger partial charge in [-0.2, -0.15) is 0 Å². The maximum atomic E-state index is 14.0. The molecule has 6 atom stereocenters. The zero-order chi connectivity index (χ0) is 30.2. The molecule has 0 spiro atoms. The summed E-state index contributed by atoms with van der Waals surface area (Å²) in [5.74, 6) is -10.2. The third-order valence-corrected chi connectivity index (χ3v) is 8.17. The first-order valence-corrected chi connectivity index (χ1v) is 12.6. The minimum absolute atomic E-state index is 0.000180. The van der Waals surface area contributed by atoms with Gasteiger partial charge in [0.05, 0.1) is 35.9 Å². The molecule has 8 N–H and O–H groups in total. The Bertz CT molecular complexity index is 1410. The number of nitrogens with zero attached hydrogens (tertiary/aromatic N) is 2. The quantitative estimate of drug-likeness (QED) is 0.177. The minimum Gasteiger partial charge on any atom is -0.508 e. The number of aliphatic hydroxyl groups excluding tert-OH is 3. The number of phenols is 1. The number of benzene rings is 1. The Morgan fingerprint density at radius 1 is 1.12 bits per heavy atom. The number of aromatic hydroxyl groups is 1. The second-order valence-electron chi connectivity index (χ2n) is 11.2. The second kappa shape index (κ2) is 9.70. The van der Waals surface area contributed by atoms with Crippen molar-refractivity contribution in [3.05, 3.63) is 39.7 Å². The standard InChI is InChI=1S/C27H34N4O9/c1-9-7-11-10(2)13-15(20(33)14(11)22(35)18(9)29-12(32)8-30(3)4)24(37)27(40)17(21(13)34)19(31(5)6)23(36)16(25(27)38)26(28)39/h7,10,13,17,19,21,33-35,38,40H,8H2,1-6H3,(H2,28,39)(H,29,32)/t10-,13+,17+,19-,21-,27-/m0/s1. The number of Topliss-reactive ketones (excluding diaryl/α,β-unsaturated/α-hetero) is 2. The van der Waals surface area contributed by atoms with Crippen LogP contribution in [0.2, 0.25) is 0 Å². The molecule has 3 aliphatic rings. The molecule has 0 heterocycles. The molecular formula is C27H34N4O9. The monoisotopic (exact) mass is 558 g/mol. The first kappa shape index (κ1) is 29.2. The number of anilines is 1. The molecule has 4 rings (SSSR count). The van der Waals surface area contributed by atoms with E-state index >= 15 is 0 Å².